The van der Waals surface area contributed by atoms with Gasteiger partial charge in [0.1, 0.15) is 11.6 Å². The fourth-order valence-corrected chi connectivity index (χ4v) is 3.20. The quantitative estimate of drug-likeness (QED) is 0.921. The van der Waals surface area contributed by atoms with Crippen LogP contribution in [0, 0.1) is 0 Å². The zero-order chi connectivity index (χ0) is 13.1. The molecular formula is C10H11Cl3FNO2S. The standard InChI is InChI=1S/C10H10Cl2FNO2S.ClH/c11-7-1-2-10(9(12)5-7)17(15,16)6-8(13)3-4-14;/h1-3,5H,4,6,14H2;1H/b8-3-;. The first-order chi connectivity index (χ1) is 7.86. The molecule has 1 aromatic carbocycles. The monoisotopic (exact) mass is 333 g/mol. The van der Waals surface area contributed by atoms with Crippen molar-refractivity contribution < 1.29 is 12.8 Å². The van der Waals surface area contributed by atoms with Gasteiger partial charge in [0, 0.05) is 11.6 Å². The van der Waals surface area contributed by atoms with Gasteiger partial charge in [0.15, 0.2) is 9.84 Å². The van der Waals surface area contributed by atoms with E-state index in [0.717, 1.165) is 6.08 Å². The van der Waals surface area contributed by atoms with Crippen LogP contribution in [0.5, 0.6) is 0 Å². The van der Waals surface area contributed by atoms with Crippen molar-refractivity contribution in [3.05, 3.63) is 40.1 Å². The minimum absolute atomic E-state index is 0. The lowest BCUT2D eigenvalue weighted by Crippen LogP contribution is -2.09. The first kappa shape index (κ1) is 17.7. The van der Waals surface area contributed by atoms with Crippen molar-refractivity contribution >= 4 is 45.4 Å². The van der Waals surface area contributed by atoms with Gasteiger partial charge in [0.2, 0.25) is 0 Å². The van der Waals surface area contributed by atoms with E-state index in [1.807, 2.05) is 0 Å². The van der Waals surface area contributed by atoms with E-state index in [9.17, 15) is 12.8 Å². The van der Waals surface area contributed by atoms with Crippen molar-refractivity contribution in [1.29, 1.82) is 0 Å². The Labute approximate surface area is 121 Å². The Morgan fingerprint density at radius 3 is 2.50 bits per heavy atom. The summed E-state index contributed by atoms with van der Waals surface area (Å²) in [5.41, 5.74) is 5.08. The van der Waals surface area contributed by atoms with Crippen LogP contribution in [0.4, 0.5) is 4.39 Å². The van der Waals surface area contributed by atoms with Crippen molar-refractivity contribution in [2.75, 3.05) is 12.3 Å². The van der Waals surface area contributed by atoms with E-state index in [0.29, 0.717) is 5.02 Å². The number of nitrogens with two attached hydrogens (primary N) is 1. The molecule has 0 atom stereocenters. The van der Waals surface area contributed by atoms with E-state index in [4.69, 9.17) is 28.9 Å². The Hall–Kier alpha value is -0.330. The third-order valence-electron chi connectivity index (χ3n) is 1.90. The van der Waals surface area contributed by atoms with Crippen molar-refractivity contribution in [2.45, 2.75) is 4.90 Å². The number of hydrogen-bond acceptors (Lipinski definition) is 3. The molecule has 18 heavy (non-hydrogen) atoms. The highest BCUT2D eigenvalue weighted by atomic mass is 35.5. The second kappa shape index (κ2) is 7.31. The summed E-state index contributed by atoms with van der Waals surface area (Å²) < 4.78 is 36.7. The summed E-state index contributed by atoms with van der Waals surface area (Å²) in [6.45, 7) is -0.0598. The Kier molecular flexibility index (Phi) is 7.17. The van der Waals surface area contributed by atoms with Gasteiger partial charge < -0.3 is 5.73 Å². The average Bonchev–Trinajstić information content (AvgIpc) is 2.15. The highest BCUT2D eigenvalue weighted by Crippen LogP contribution is 2.26. The maximum Gasteiger partial charge on any atom is 0.186 e. The smallest absolute Gasteiger partial charge is 0.186 e. The van der Waals surface area contributed by atoms with E-state index in [-0.39, 0.29) is 28.9 Å². The Balaban J connectivity index is 0.00000289. The Morgan fingerprint density at radius 2 is 2.00 bits per heavy atom. The zero-order valence-corrected chi connectivity index (χ0v) is 12.2. The summed E-state index contributed by atoms with van der Waals surface area (Å²) in [7, 11) is -3.82. The predicted octanol–water partition coefficient (Wildman–Crippen LogP) is 3.00. The normalized spacial score (nSPS) is 12.1. The summed E-state index contributed by atoms with van der Waals surface area (Å²) >= 11 is 11.4. The van der Waals surface area contributed by atoms with Crippen LogP contribution in [-0.4, -0.2) is 20.7 Å². The van der Waals surface area contributed by atoms with Crippen molar-refractivity contribution in [1.82, 2.24) is 0 Å². The van der Waals surface area contributed by atoms with Crippen LogP contribution in [-0.2, 0) is 9.84 Å². The van der Waals surface area contributed by atoms with E-state index >= 15 is 0 Å². The van der Waals surface area contributed by atoms with Crippen LogP contribution in [0.15, 0.2) is 35.0 Å². The van der Waals surface area contributed by atoms with Crippen LogP contribution >= 0.6 is 35.6 Å². The third kappa shape index (κ3) is 4.74. The third-order valence-corrected chi connectivity index (χ3v) is 4.24. The SMILES string of the molecule is Cl.NC/C=C(\F)CS(=O)(=O)c1ccc(Cl)cc1Cl. The summed E-state index contributed by atoms with van der Waals surface area (Å²) in [5, 5.41) is 0.282. The molecule has 0 spiro atoms. The summed E-state index contributed by atoms with van der Waals surface area (Å²) in [6, 6.07) is 3.92. The molecule has 0 unspecified atom stereocenters. The van der Waals surface area contributed by atoms with Crippen molar-refractivity contribution in [3.8, 4) is 0 Å². The molecule has 0 aromatic heterocycles. The highest BCUT2D eigenvalue weighted by molar-refractivity contribution is 7.91. The van der Waals surface area contributed by atoms with Gasteiger partial charge in [-0.2, -0.15) is 0 Å². The fourth-order valence-electron chi connectivity index (χ4n) is 1.17. The molecule has 0 heterocycles. The molecule has 1 rings (SSSR count). The molecular weight excluding hydrogens is 324 g/mol. The van der Waals surface area contributed by atoms with Gasteiger partial charge >= 0.3 is 0 Å². The maximum absolute atomic E-state index is 13.1. The first-order valence-electron chi connectivity index (χ1n) is 4.59. The van der Waals surface area contributed by atoms with Crippen molar-refractivity contribution in [3.63, 3.8) is 0 Å². The largest absolute Gasteiger partial charge is 0.327 e. The minimum Gasteiger partial charge on any atom is -0.327 e. The van der Waals surface area contributed by atoms with Gasteiger partial charge in [-0.15, -0.1) is 12.4 Å². The van der Waals surface area contributed by atoms with Gasteiger partial charge in [-0.1, -0.05) is 23.2 Å². The average molecular weight is 335 g/mol. The molecule has 0 bridgehead atoms. The fraction of sp³-hybridized carbons (Fsp3) is 0.200. The van der Waals surface area contributed by atoms with E-state index in [1.54, 1.807) is 0 Å². The number of halogens is 4. The number of rotatable bonds is 4. The van der Waals surface area contributed by atoms with Crippen LogP contribution in [0.2, 0.25) is 10.0 Å². The van der Waals surface area contributed by atoms with Crippen LogP contribution in [0.1, 0.15) is 0 Å². The van der Waals surface area contributed by atoms with Gasteiger partial charge in [0.05, 0.1) is 9.92 Å². The van der Waals surface area contributed by atoms with E-state index in [2.05, 4.69) is 0 Å². The molecule has 0 aliphatic rings. The molecule has 8 heteroatoms. The molecule has 1 aromatic rings. The lowest BCUT2D eigenvalue weighted by Gasteiger charge is -2.05. The Morgan fingerprint density at radius 1 is 1.39 bits per heavy atom. The zero-order valence-electron chi connectivity index (χ0n) is 9.07. The lowest BCUT2D eigenvalue weighted by atomic mass is 10.4. The van der Waals surface area contributed by atoms with Crippen LogP contribution in [0.3, 0.4) is 0 Å². The van der Waals surface area contributed by atoms with Gasteiger partial charge in [-0.25, -0.2) is 12.8 Å². The first-order valence-corrected chi connectivity index (χ1v) is 7.00. The molecule has 0 saturated heterocycles. The molecule has 0 aliphatic heterocycles. The van der Waals surface area contributed by atoms with E-state index < -0.39 is 21.4 Å². The van der Waals surface area contributed by atoms with Crippen LogP contribution < -0.4 is 5.73 Å². The molecule has 0 fully saturated rings. The maximum atomic E-state index is 13.1. The molecule has 102 valence electrons. The summed E-state index contributed by atoms with van der Waals surface area (Å²) in [6.07, 6.45) is 1.00. The highest BCUT2D eigenvalue weighted by Gasteiger charge is 2.20. The summed E-state index contributed by atoms with van der Waals surface area (Å²) in [4.78, 5) is -0.149. The second-order valence-electron chi connectivity index (χ2n) is 3.22. The molecule has 0 aliphatic carbocycles. The molecule has 0 radical (unpaired) electrons. The molecule has 2 N–H and O–H groups in total. The van der Waals surface area contributed by atoms with Crippen molar-refractivity contribution in [2.24, 2.45) is 5.73 Å². The van der Waals surface area contributed by atoms with Gasteiger partial charge in [-0.3, -0.25) is 0 Å². The number of sulfone groups is 1. The minimum atomic E-state index is -3.82. The Bertz CT molecular complexity index is 546. The van der Waals surface area contributed by atoms with Crippen LogP contribution in [0.25, 0.3) is 0 Å². The van der Waals surface area contributed by atoms with Gasteiger partial charge in [-0.05, 0) is 24.3 Å². The van der Waals surface area contributed by atoms with E-state index in [1.165, 1.54) is 18.2 Å². The molecule has 3 nitrogen and oxygen atoms in total. The molecule has 0 saturated carbocycles. The predicted molar refractivity (Wildman–Crippen MR) is 74.0 cm³/mol. The van der Waals surface area contributed by atoms with Gasteiger partial charge in [0.25, 0.3) is 0 Å². The second-order valence-corrected chi connectivity index (χ2v) is 6.02. The molecule has 0 amide bonds. The summed E-state index contributed by atoms with van der Waals surface area (Å²) in [5.74, 6) is -1.57. The number of hydrogen-bond donors (Lipinski definition) is 1. The lowest BCUT2D eigenvalue weighted by molar-refractivity contribution is 0.583. The topological polar surface area (TPSA) is 60.2 Å². The number of benzene rings is 1.